The summed E-state index contributed by atoms with van der Waals surface area (Å²) in [6.45, 7) is 5.64. The molecule has 0 saturated heterocycles. The highest BCUT2D eigenvalue weighted by Gasteiger charge is 2.35. The zero-order valence-electron chi connectivity index (χ0n) is 14.1. The Morgan fingerprint density at radius 1 is 1.17 bits per heavy atom. The lowest BCUT2D eigenvalue weighted by atomic mass is 10.1. The Balaban J connectivity index is 1.92. The summed E-state index contributed by atoms with van der Waals surface area (Å²) in [7, 11) is 0. The monoisotopic (exact) mass is 327 g/mol. The van der Waals surface area contributed by atoms with Gasteiger partial charge in [0.25, 0.3) is 5.91 Å². The Morgan fingerprint density at radius 3 is 2.33 bits per heavy atom. The Morgan fingerprint density at radius 2 is 1.79 bits per heavy atom. The van der Waals surface area contributed by atoms with Crippen LogP contribution in [0.4, 0.5) is 0 Å². The molecule has 0 aliphatic heterocycles. The minimum atomic E-state index is -0.999. The molecule has 24 heavy (non-hydrogen) atoms. The van der Waals surface area contributed by atoms with Crippen molar-refractivity contribution in [3.05, 3.63) is 46.8 Å². The third kappa shape index (κ3) is 3.32. The molecular formula is C18H21N3O3. The van der Waals surface area contributed by atoms with Gasteiger partial charge in [-0.25, -0.2) is 4.68 Å². The maximum absolute atomic E-state index is 12.7. The van der Waals surface area contributed by atoms with Crippen LogP contribution >= 0.6 is 0 Å². The predicted molar refractivity (Wildman–Crippen MR) is 89.5 cm³/mol. The smallest absolute Gasteiger partial charge is 0.323 e. The van der Waals surface area contributed by atoms with Crippen molar-refractivity contribution in [2.45, 2.75) is 39.7 Å². The summed E-state index contributed by atoms with van der Waals surface area (Å²) in [4.78, 5) is 25.1. The highest BCUT2D eigenvalue weighted by molar-refractivity contribution is 5.94. The van der Waals surface area contributed by atoms with E-state index in [1.165, 1.54) is 4.90 Å². The number of carboxylic acids is 1. The van der Waals surface area contributed by atoms with E-state index in [1.807, 2.05) is 32.9 Å². The second-order valence-electron chi connectivity index (χ2n) is 6.49. The molecule has 126 valence electrons. The molecule has 1 aromatic carbocycles. The van der Waals surface area contributed by atoms with Crippen LogP contribution in [-0.4, -0.2) is 44.3 Å². The first-order chi connectivity index (χ1) is 11.3. The van der Waals surface area contributed by atoms with Gasteiger partial charge in [0.2, 0.25) is 0 Å². The van der Waals surface area contributed by atoms with Crippen molar-refractivity contribution in [3.63, 3.8) is 0 Å². The van der Waals surface area contributed by atoms with Gasteiger partial charge >= 0.3 is 5.97 Å². The lowest BCUT2D eigenvalue weighted by Crippen LogP contribution is -2.37. The molecule has 1 aliphatic rings. The second-order valence-corrected chi connectivity index (χ2v) is 6.49. The van der Waals surface area contributed by atoms with Crippen molar-refractivity contribution in [3.8, 4) is 5.69 Å². The topological polar surface area (TPSA) is 75.4 Å². The molecule has 0 bridgehead atoms. The maximum atomic E-state index is 12.7. The van der Waals surface area contributed by atoms with E-state index in [1.54, 1.807) is 10.7 Å². The number of carboxylic acid groups (broad SMARTS) is 1. The van der Waals surface area contributed by atoms with Crippen LogP contribution < -0.4 is 0 Å². The minimum Gasteiger partial charge on any atom is -0.480 e. The van der Waals surface area contributed by atoms with Gasteiger partial charge in [-0.05, 0) is 62.9 Å². The molecule has 0 spiro atoms. The van der Waals surface area contributed by atoms with E-state index < -0.39 is 5.97 Å². The zero-order chi connectivity index (χ0) is 17.4. The van der Waals surface area contributed by atoms with Crippen LogP contribution in [-0.2, 0) is 4.79 Å². The normalized spacial score (nSPS) is 13.8. The average Bonchev–Trinajstić information content (AvgIpc) is 3.25. The molecule has 1 heterocycles. The summed E-state index contributed by atoms with van der Waals surface area (Å²) in [5.74, 6) is -1.31. The van der Waals surface area contributed by atoms with Gasteiger partial charge < -0.3 is 10.0 Å². The van der Waals surface area contributed by atoms with Gasteiger partial charge in [-0.3, -0.25) is 9.59 Å². The fourth-order valence-corrected chi connectivity index (χ4v) is 2.96. The maximum Gasteiger partial charge on any atom is 0.323 e. The minimum absolute atomic E-state index is 0.0280. The van der Waals surface area contributed by atoms with Crippen LogP contribution in [0.15, 0.2) is 24.3 Å². The summed E-state index contributed by atoms with van der Waals surface area (Å²) in [5, 5.41) is 13.5. The summed E-state index contributed by atoms with van der Waals surface area (Å²) in [5.41, 5.74) is 4.28. The van der Waals surface area contributed by atoms with Crippen molar-refractivity contribution in [1.82, 2.24) is 14.7 Å². The first-order valence-electron chi connectivity index (χ1n) is 8.03. The fourth-order valence-electron chi connectivity index (χ4n) is 2.96. The number of carbonyl (C=O) groups is 2. The van der Waals surface area contributed by atoms with Gasteiger partial charge in [0.15, 0.2) is 5.69 Å². The quantitative estimate of drug-likeness (QED) is 0.915. The molecule has 1 aliphatic carbocycles. The van der Waals surface area contributed by atoms with Gasteiger partial charge in [0.05, 0.1) is 5.69 Å². The predicted octanol–water partition coefficient (Wildman–Crippen LogP) is 2.49. The summed E-state index contributed by atoms with van der Waals surface area (Å²) < 4.78 is 1.74. The van der Waals surface area contributed by atoms with Crippen molar-refractivity contribution >= 4 is 11.9 Å². The van der Waals surface area contributed by atoms with E-state index in [4.69, 9.17) is 5.11 Å². The standard InChI is InChI=1S/C18H21N3O3/c1-11-6-12(2)8-15(7-11)21-13(3)9-16(19-21)18(24)20(10-17(22)23)14-4-5-14/h6-9,14H,4-5,10H2,1-3H3,(H,22,23). The molecule has 2 aromatic rings. The van der Waals surface area contributed by atoms with Gasteiger partial charge in [0, 0.05) is 11.7 Å². The molecule has 0 radical (unpaired) electrons. The highest BCUT2D eigenvalue weighted by atomic mass is 16.4. The summed E-state index contributed by atoms with van der Waals surface area (Å²) in [6.07, 6.45) is 1.71. The van der Waals surface area contributed by atoms with E-state index in [2.05, 4.69) is 11.2 Å². The number of hydrogen-bond acceptors (Lipinski definition) is 3. The molecule has 6 nitrogen and oxygen atoms in total. The van der Waals surface area contributed by atoms with E-state index in [-0.39, 0.29) is 18.5 Å². The molecule has 1 fully saturated rings. The van der Waals surface area contributed by atoms with Crippen molar-refractivity contribution in [2.75, 3.05) is 6.54 Å². The number of aryl methyl sites for hydroxylation is 3. The first-order valence-corrected chi connectivity index (χ1v) is 8.03. The number of nitrogens with zero attached hydrogens (tertiary/aromatic N) is 3. The molecule has 6 heteroatoms. The lowest BCUT2D eigenvalue weighted by Gasteiger charge is -2.18. The van der Waals surface area contributed by atoms with Crippen molar-refractivity contribution in [1.29, 1.82) is 0 Å². The van der Waals surface area contributed by atoms with E-state index >= 15 is 0 Å². The van der Waals surface area contributed by atoms with Crippen LogP contribution in [0.3, 0.4) is 0 Å². The molecule has 1 aromatic heterocycles. The number of benzene rings is 1. The number of rotatable bonds is 5. The van der Waals surface area contributed by atoms with Gasteiger partial charge in [-0.15, -0.1) is 0 Å². The third-order valence-electron chi connectivity index (χ3n) is 4.11. The van der Waals surface area contributed by atoms with Crippen molar-refractivity contribution < 1.29 is 14.7 Å². The average molecular weight is 327 g/mol. The van der Waals surface area contributed by atoms with Crippen LogP contribution in [0.2, 0.25) is 0 Å². The third-order valence-corrected chi connectivity index (χ3v) is 4.11. The number of carbonyl (C=O) groups excluding carboxylic acids is 1. The lowest BCUT2D eigenvalue weighted by molar-refractivity contribution is -0.137. The molecule has 0 unspecified atom stereocenters. The van der Waals surface area contributed by atoms with E-state index in [9.17, 15) is 9.59 Å². The second kappa shape index (κ2) is 6.11. The van der Waals surface area contributed by atoms with Crippen LogP contribution in [0.1, 0.15) is 40.2 Å². The molecule has 3 rings (SSSR count). The van der Waals surface area contributed by atoms with Crippen molar-refractivity contribution in [2.24, 2.45) is 0 Å². The van der Waals surface area contributed by atoms with Crippen LogP contribution in [0.5, 0.6) is 0 Å². The SMILES string of the molecule is Cc1cc(C)cc(-n2nc(C(=O)N(CC(=O)O)C3CC3)cc2C)c1. The largest absolute Gasteiger partial charge is 0.480 e. The van der Waals surface area contributed by atoms with E-state index in [0.29, 0.717) is 5.69 Å². The number of aliphatic carboxylic acids is 1. The molecular weight excluding hydrogens is 306 g/mol. The fraction of sp³-hybridized carbons (Fsp3) is 0.389. The van der Waals surface area contributed by atoms with E-state index in [0.717, 1.165) is 35.3 Å². The Kier molecular flexibility index (Phi) is 4.13. The highest BCUT2D eigenvalue weighted by Crippen LogP contribution is 2.28. The first kappa shape index (κ1) is 16.2. The summed E-state index contributed by atoms with van der Waals surface area (Å²) >= 11 is 0. The number of amides is 1. The van der Waals surface area contributed by atoms with Gasteiger partial charge in [0.1, 0.15) is 6.54 Å². The Hall–Kier alpha value is -2.63. The zero-order valence-corrected chi connectivity index (χ0v) is 14.1. The van der Waals surface area contributed by atoms with Crippen LogP contribution in [0.25, 0.3) is 5.69 Å². The van der Waals surface area contributed by atoms with Gasteiger partial charge in [-0.1, -0.05) is 6.07 Å². The number of hydrogen-bond donors (Lipinski definition) is 1. The molecule has 1 N–H and O–H groups in total. The molecule has 1 saturated carbocycles. The molecule has 0 atom stereocenters. The Labute approximate surface area is 140 Å². The van der Waals surface area contributed by atoms with Crippen LogP contribution in [0, 0.1) is 20.8 Å². The molecule has 1 amide bonds. The summed E-state index contributed by atoms with van der Waals surface area (Å²) in [6, 6.07) is 7.85. The van der Waals surface area contributed by atoms with Gasteiger partial charge in [-0.2, -0.15) is 5.10 Å². The number of aromatic nitrogens is 2. The Bertz CT molecular complexity index is 786.